The van der Waals surface area contributed by atoms with Gasteiger partial charge in [-0.3, -0.25) is 0 Å². The second-order valence-corrected chi connectivity index (χ2v) is 5.30. The maximum absolute atomic E-state index is 5.95. The Morgan fingerprint density at radius 3 is 2.47 bits per heavy atom. The molecule has 2 N–H and O–H groups in total. The minimum atomic E-state index is 0.779. The normalized spacial score (nSPS) is 34.8. The van der Waals surface area contributed by atoms with Gasteiger partial charge >= 0.3 is 0 Å². The largest absolute Gasteiger partial charge is 0.330 e. The van der Waals surface area contributed by atoms with E-state index in [0.29, 0.717) is 0 Å². The van der Waals surface area contributed by atoms with Crippen LogP contribution in [-0.2, 0) is 0 Å². The minimum absolute atomic E-state index is 0.779. The van der Waals surface area contributed by atoms with E-state index < -0.39 is 0 Å². The quantitative estimate of drug-likeness (QED) is 0.774. The molecule has 1 heterocycles. The zero-order valence-corrected chi connectivity index (χ0v) is 10.1. The molecule has 1 aliphatic heterocycles. The van der Waals surface area contributed by atoms with E-state index in [1.807, 2.05) is 0 Å². The van der Waals surface area contributed by atoms with Crippen LogP contribution in [0.2, 0.25) is 0 Å². The van der Waals surface area contributed by atoms with E-state index in [9.17, 15) is 0 Å². The molecule has 0 spiro atoms. The minimum Gasteiger partial charge on any atom is -0.330 e. The maximum Gasteiger partial charge on any atom is 0.0164 e. The number of hydrogen-bond donors (Lipinski definition) is 1. The molecule has 2 fully saturated rings. The first-order chi connectivity index (χ1) is 7.36. The predicted octanol–water partition coefficient (Wildman–Crippen LogP) is 2.24. The van der Waals surface area contributed by atoms with E-state index in [1.54, 1.807) is 0 Å². The third-order valence-corrected chi connectivity index (χ3v) is 4.52. The van der Waals surface area contributed by atoms with Crippen molar-refractivity contribution in [3.05, 3.63) is 0 Å². The van der Waals surface area contributed by atoms with Crippen LogP contribution in [0.25, 0.3) is 0 Å². The molecule has 0 radical (unpaired) electrons. The molecule has 0 bridgehead atoms. The van der Waals surface area contributed by atoms with Gasteiger partial charge in [-0.2, -0.15) is 0 Å². The van der Waals surface area contributed by atoms with Crippen molar-refractivity contribution in [2.24, 2.45) is 17.6 Å². The summed E-state index contributed by atoms with van der Waals surface area (Å²) >= 11 is 0. The van der Waals surface area contributed by atoms with Gasteiger partial charge in [0.15, 0.2) is 0 Å². The molecule has 2 atom stereocenters. The van der Waals surface area contributed by atoms with Crippen LogP contribution in [0, 0.1) is 11.8 Å². The average Bonchev–Trinajstić information content (AvgIpc) is 2.81. The summed E-state index contributed by atoms with van der Waals surface area (Å²) in [5.41, 5.74) is 5.95. The molecule has 2 aliphatic rings. The Morgan fingerprint density at radius 1 is 1.13 bits per heavy atom. The molecule has 15 heavy (non-hydrogen) atoms. The van der Waals surface area contributed by atoms with Gasteiger partial charge in [-0.15, -0.1) is 0 Å². The van der Waals surface area contributed by atoms with E-state index in [0.717, 1.165) is 24.4 Å². The summed E-state index contributed by atoms with van der Waals surface area (Å²) in [4.78, 5) is 2.71. The lowest BCUT2D eigenvalue weighted by atomic mass is 9.80. The number of nitrogens with two attached hydrogens (primary N) is 1. The van der Waals surface area contributed by atoms with Crippen LogP contribution in [0.3, 0.4) is 0 Å². The first kappa shape index (κ1) is 11.4. The van der Waals surface area contributed by atoms with Crippen LogP contribution in [0.5, 0.6) is 0 Å². The van der Waals surface area contributed by atoms with Crippen LogP contribution in [0.1, 0.15) is 45.4 Å². The van der Waals surface area contributed by atoms with Crippen molar-refractivity contribution in [1.29, 1.82) is 0 Å². The second kappa shape index (κ2) is 5.31. The molecule has 0 unspecified atom stereocenters. The Labute approximate surface area is 94.2 Å². The molecule has 0 aromatic carbocycles. The highest BCUT2D eigenvalue weighted by molar-refractivity contribution is 4.91. The Morgan fingerprint density at radius 2 is 1.87 bits per heavy atom. The van der Waals surface area contributed by atoms with E-state index in [2.05, 4.69) is 11.8 Å². The number of nitrogens with zero attached hydrogens (tertiary/aromatic N) is 1. The molecule has 1 aliphatic carbocycles. The molecule has 2 nitrogen and oxygen atoms in total. The van der Waals surface area contributed by atoms with Crippen molar-refractivity contribution >= 4 is 0 Å². The van der Waals surface area contributed by atoms with E-state index in [-0.39, 0.29) is 0 Å². The molecule has 2 heteroatoms. The van der Waals surface area contributed by atoms with Crippen molar-refractivity contribution in [2.45, 2.75) is 51.5 Å². The summed E-state index contributed by atoms with van der Waals surface area (Å²) in [6, 6.07) is 0.816. The molecule has 1 saturated carbocycles. The van der Waals surface area contributed by atoms with Crippen LogP contribution >= 0.6 is 0 Å². The Balaban J connectivity index is 2.05. The molecular formula is C13H26N2. The van der Waals surface area contributed by atoms with Crippen LogP contribution in [0.15, 0.2) is 0 Å². The summed E-state index contributed by atoms with van der Waals surface area (Å²) in [5, 5.41) is 0. The maximum atomic E-state index is 5.95. The van der Waals surface area contributed by atoms with Crippen molar-refractivity contribution in [3.8, 4) is 0 Å². The summed E-state index contributed by atoms with van der Waals surface area (Å²) < 4.78 is 0. The van der Waals surface area contributed by atoms with Crippen molar-refractivity contribution in [2.75, 3.05) is 19.6 Å². The molecule has 0 aromatic heterocycles. The third kappa shape index (κ3) is 2.36. The molecule has 2 rings (SSSR count). The van der Waals surface area contributed by atoms with Gasteiger partial charge in [0.2, 0.25) is 0 Å². The number of piperidine rings is 1. The fraction of sp³-hybridized carbons (Fsp3) is 1.00. The molecular weight excluding hydrogens is 184 g/mol. The number of likely N-dealkylation sites (tertiary alicyclic amines) is 1. The zero-order chi connectivity index (χ0) is 10.7. The fourth-order valence-electron chi connectivity index (χ4n) is 3.78. The molecule has 0 aromatic rings. The average molecular weight is 210 g/mol. The summed E-state index contributed by atoms with van der Waals surface area (Å²) in [5.74, 6) is 1.74. The van der Waals surface area contributed by atoms with Crippen LogP contribution in [-0.4, -0.2) is 30.6 Å². The van der Waals surface area contributed by atoms with Crippen LogP contribution < -0.4 is 5.73 Å². The Kier molecular flexibility index (Phi) is 4.04. The zero-order valence-electron chi connectivity index (χ0n) is 10.1. The van der Waals surface area contributed by atoms with E-state index in [4.69, 9.17) is 5.73 Å². The molecule has 0 amide bonds. The highest BCUT2D eigenvalue weighted by atomic mass is 15.2. The van der Waals surface area contributed by atoms with E-state index >= 15 is 0 Å². The van der Waals surface area contributed by atoms with Gasteiger partial charge in [-0.1, -0.05) is 19.8 Å². The van der Waals surface area contributed by atoms with Crippen molar-refractivity contribution in [1.82, 2.24) is 4.90 Å². The lowest BCUT2D eigenvalue weighted by Crippen LogP contribution is -2.50. The van der Waals surface area contributed by atoms with Gasteiger partial charge in [0.25, 0.3) is 0 Å². The van der Waals surface area contributed by atoms with Crippen molar-refractivity contribution in [3.63, 3.8) is 0 Å². The lowest BCUT2D eigenvalue weighted by molar-refractivity contribution is 0.0585. The van der Waals surface area contributed by atoms with Crippen molar-refractivity contribution < 1.29 is 0 Å². The van der Waals surface area contributed by atoms with E-state index in [1.165, 1.54) is 51.6 Å². The van der Waals surface area contributed by atoms with Gasteiger partial charge < -0.3 is 10.6 Å². The van der Waals surface area contributed by atoms with Gasteiger partial charge in [0.05, 0.1) is 0 Å². The van der Waals surface area contributed by atoms with Gasteiger partial charge in [-0.05, 0) is 57.2 Å². The monoisotopic (exact) mass is 210 g/mol. The number of hydrogen-bond acceptors (Lipinski definition) is 2. The Hall–Kier alpha value is -0.0800. The predicted molar refractivity (Wildman–Crippen MR) is 64.8 cm³/mol. The van der Waals surface area contributed by atoms with Crippen LogP contribution in [0.4, 0.5) is 0 Å². The van der Waals surface area contributed by atoms with Gasteiger partial charge in [0, 0.05) is 6.04 Å². The first-order valence-electron chi connectivity index (χ1n) is 6.81. The summed E-state index contributed by atoms with van der Waals surface area (Å²) in [6.07, 6.45) is 8.55. The topological polar surface area (TPSA) is 29.3 Å². The summed E-state index contributed by atoms with van der Waals surface area (Å²) in [6.45, 7) is 5.74. The molecule has 1 saturated heterocycles. The SMILES string of the molecule is CCN1CCC[C@H](CN)[C@H]1C1CCCC1. The van der Waals surface area contributed by atoms with Gasteiger partial charge in [-0.25, -0.2) is 0 Å². The first-order valence-corrected chi connectivity index (χ1v) is 6.81. The smallest absolute Gasteiger partial charge is 0.0164 e. The standard InChI is InChI=1S/C13H26N2/c1-2-15-9-5-8-12(10-14)13(15)11-6-3-4-7-11/h11-13H,2-10,14H2,1H3/t12-,13-/m1/s1. The fourth-order valence-corrected chi connectivity index (χ4v) is 3.78. The highest BCUT2D eigenvalue weighted by Gasteiger charge is 2.36. The lowest BCUT2D eigenvalue weighted by Gasteiger charge is -2.44. The third-order valence-electron chi connectivity index (χ3n) is 4.52. The number of rotatable bonds is 3. The van der Waals surface area contributed by atoms with Gasteiger partial charge in [0.1, 0.15) is 0 Å². The summed E-state index contributed by atoms with van der Waals surface area (Å²) in [7, 11) is 0. The second-order valence-electron chi connectivity index (χ2n) is 5.30. The molecule has 88 valence electrons. The highest BCUT2D eigenvalue weighted by Crippen LogP contribution is 2.37. The Bertz CT molecular complexity index is 172.